The van der Waals surface area contributed by atoms with E-state index in [2.05, 4.69) is 10.3 Å². The molecule has 1 aromatic heterocycles. The van der Waals surface area contributed by atoms with Crippen molar-refractivity contribution < 1.29 is 14.3 Å². The van der Waals surface area contributed by atoms with Crippen LogP contribution in [0.5, 0.6) is 0 Å². The number of ether oxygens (including phenoxy) is 1. The number of rotatable bonds is 7. The van der Waals surface area contributed by atoms with Crippen molar-refractivity contribution in [3.8, 4) is 0 Å². The standard InChI is InChI=1S/C19H28N4O3/c24-18(22-11-1-2-12-22)7-10-21-19(25)23(15-17-4-3-13-26-17)14-16-5-8-20-9-6-16/h5-6,8-9,17H,1-4,7,10-15H2,(H,21,25). The van der Waals surface area contributed by atoms with Crippen molar-refractivity contribution in [3.05, 3.63) is 30.1 Å². The molecule has 1 unspecified atom stereocenters. The van der Waals surface area contributed by atoms with E-state index in [9.17, 15) is 9.59 Å². The summed E-state index contributed by atoms with van der Waals surface area (Å²) in [5, 5.41) is 2.90. The Morgan fingerprint density at radius 3 is 2.69 bits per heavy atom. The first kappa shape index (κ1) is 18.6. The Morgan fingerprint density at radius 1 is 1.23 bits per heavy atom. The number of amides is 3. The molecule has 0 aromatic carbocycles. The Hall–Kier alpha value is -2.15. The quantitative estimate of drug-likeness (QED) is 0.804. The van der Waals surface area contributed by atoms with Crippen molar-refractivity contribution in [2.75, 3.05) is 32.8 Å². The molecular formula is C19H28N4O3. The van der Waals surface area contributed by atoms with Crippen molar-refractivity contribution in [1.29, 1.82) is 0 Å². The van der Waals surface area contributed by atoms with Gasteiger partial charge in [0.25, 0.3) is 0 Å². The SMILES string of the molecule is O=C(CCNC(=O)N(Cc1ccncc1)CC1CCCO1)N1CCCC1. The molecule has 3 rings (SSSR count). The molecule has 3 heterocycles. The molecule has 142 valence electrons. The number of carbonyl (C=O) groups excluding carboxylic acids is 2. The molecule has 2 aliphatic heterocycles. The van der Waals surface area contributed by atoms with E-state index in [1.54, 1.807) is 17.3 Å². The lowest BCUT2D eigenvalue weighted by Gasteiger charge is -2.26. The smallest absolute Gasteiger partial charge is 0.317 e. The highest BCUT2D eigenvalue weighted by Crippen LogP contribution is 2.15. The van der Waals surface area contributed by atoms with E-state index in [1.807, 2.05) is 17.0 Å². The molecule has 7 nitrogen and oxygen atoms in total. The lowest BCUT2D eigenvalue weighted by molar-refractivity contribution is -0.129. The van der Waals surface area contributed by atoms with E-state index < -0.39 is 0 Å². The summed E-state index contributed by atoms with van der Waals surface area (Å²) in [6.07, 6.45) is 8.09. The van der Waals surface area contributed by atoms with Crippen molar-refractivity contribution >= 4 is 11.9 Å². The van der Waals surface area contributed by atoms with Gasteiger partial charge in [-0.2, -0.15) is 0 Å². The Labute approximate surface area is 154 Å². The maximum absolute atomic E-state index is 12.7. The first-order chi connectivity index (χ1) is 12.7. The lowest BCUT2D eigenvalue weighted by Crippen LogP contribution is -2.44. The average Bonchev–Trinajstić information content (AvgIpc) is 3.36. The molecule has 0 radical (unpaired) electrons. The molecule has 7 heteroatoms. The minimum absolute atomic E-state index is 0.0915. The molecule has 2 saturated heterocycles. The number of urea groups is 1. The molecule has 26 heavy (non-hydrogen) atoms. The third kappa shape index (κ3) is 5.42. The summed E-state index contributed by atoms with van der Waals surface area (Å²) >= 11 is 0. The van der Waals surface area contributed by atoms with Crippen LogP contribution in [0, 0.1) is 0 Å². The van der Waals surface area contributed by atoms with E-state index in [0.29, 0.717) is 26.1 Å². The maximum atomic E-state index is 12.7. The molecule has 0 aliphatic carbocycles. The molecule has 2 aliphatic rings. The molecule has 1 aromatic rings. The fourth-order valence-electron chi connectivity index (χ4n) is 3.47. The van der Waals surface area contributed by atoms with Gasteiger partial charge in [0.2, 0.25) is 5.91 Å². The normalized spacial score (nSPS) is 19.5. The zero-order valence-corrected chi connectivity index (χ0v) is 15.2. The van der Waals surface area contributed by atoms with Crippen molar-refractivity contribution in [1.82, 2.24) is 20.1 Å². The Kier molecular flexibility index (Phi) is 6.82. The van der Waals surface area contributed by atoms with Crippen LogP contribution in [0.2, 0.25) is 0 Å². The highest BCUT2D eigenvalue weighted by atomic mass is 16.5. The first-order valence-electron chi connectivity index (χ1n) is 9.53. The van der Waals surface area contributed by atoms with Crippen LogP contribution in [-0.2, 0) is 16.1 Å². The lowest BCUT2D eigenvalue weighted by atomic mass is 10.2. The highest BCUT2D eigenvalue weighted by Gasteiger charge is 2.23. The van der Waals surface area contributed by atoms with Crippen LogP contribution in [0.4, 0.5) is 4.79 Å². The second kappa shape index (κ2) is 9.52. The monoisotopic (exact) mass is 360 g/mol. The van der Waals surface area contributed by atoms with Crippen LogP contribution in [-0.4, -0.2) is 65.6 Å². The summed E-state index contributed by atoms with van der Waals surface area (Å²) in [4.78, 5) is 32.4. The zero-order chi connectivity index (χ0) is 18.2. The number of aromatic nitrogens is 1. The third-order valence-corrected chi connectivity index (χ3v) is 4.93. The van der Waals surface area contributed by atoms with Crippen molar-refractivity contribution in [2.45, 2.75) is 44.8 Å². The van der Waals surface area contributed by atoms with Gasteiger partial charge >= 0.3 is 6.03 Å². The summed E-state index contributed by atoms with van der Waals surface area (Å²) in [5.41, 5.74) is 1.03. The van der Waals surface area contributed by atoms with Gasteiger partial charge in [0.05, 0.1) is 6.10 Å². The summed E-state index contributed by atoms with van der Waals surface area (Å²) < 4.78 is 5.69. The fourth-order valence-corrected chi connectivity index (χ4v) is 3.47. The third-order valence-electron chi connectivity index (χ3n) is 4.93. The summed E-state index contributed by atoms with van der Waals surface area (Å²) in [5.74, 6) is 0.127. The average molecular weight is 360 g/mol. The van der Waals surface area contributed by atoms with Gasteiger partial charge < -0.3 is 19.9 Å². The minimum atomic E-state index is -0.147. The summed E-state index contributed by atoms with van der Waals surface area (Å²) in [6.45, 7) is 3.90. The van der Waals surface area contributed by atoms with Gasteiger partial charge in [0, 0.05) is 58.1 Å². The number of nitrogens with one attached hydrogen (secondary N) is 1. The molecule has 3 amide bonds. The van der Waals surface area contributed by atoms with Gasteiger partial charge in [0.15, 0.2) is 0 Å². The van der Waals surface area contributed by atoms with Gasteiger partial charge in [-0.25, -0.2) is 4.79 Å². The number of pyridine rings is 1. The maximum Gasteiger partial charge on any atom is 0.317 e. The summed E-state index contributed by atoms with van der Waals surface area (Å²) in [6, 6.07) is 3.67. The topological polar surface area (TPSA) is 74.8 Å². The van der Waals surface area contributed by atoms with Gasteiger partial charge in [-0.3, -0.25) is 9.78 Å². The van der Waals surface area contributed by atoms with E-state index in [0.717, 1.165) is 50.9 Å². The van der Waals surface area contributed by atoms with Gasteiger partial charge in [-0.05, 0) is 43.4 Å². The Balaban J connectivity index is 1.50. The van der Waals surface area contributed by atoms with Gasteiger partial charge in [-0.1, -0.05) is 0 Å². The van der Waals surface area contributed by atoms with Crippen LogP contribution in [0.1, 0.15) is 37.7 Å². The first-order valence-corrected chi connectivity index (χ1v) is 9.53. The number of carbonyl (C=O) groups is 2. The number of hydrogen-bond donors (Lipinski definition) is 1. The molecule has 0 saturated carbocycles. The highest BCUT2D eigenvalue weighted by molar-refractivity contribution is 5.78. The Morgan fingerprint density at radius 2 is 2.00 bits per heavy atom. The van der Waals surface area contributed by atoms with E-state index in [1.165, 1.54) is 0 Å². The molecule has 0 spiro atoms. The van der Waals surface area contributed by atoms with Crippen molar-refractivity contribution in [3.63, 3.8) is 0 Å². The molecule has 1 atom stereocenters. The molecule has 1 N–H and O–H groups in total. The van der Waals surface area contributed by atoms with Gasteiger partial charge in [0.1, 0.15) is 0 Å². The predicted molar refractivity (Wildman–Crippen MR) is 97.5 cm³/mol. The minimum Gasteiger partial charge on any atom is -0.376 e. The van der Waals surface area contributed by atoms with E-state index in [4.69, 9.17) is 4.74 Å². The predicted octanol–water partition coefficient (Wildman–Crippen LogP) is 1.78. The van der Waals surface area contributed by atoms with E-state index in [-0.39, 0.29) is 18.0 Å². The van der Waals surface area contributed by atoms with Crippen LogP contribution < -0.4 is 5.32 Å². The van der Waals surface area contributed by atoms with Crippen molar-refractivity contribution in [2.24, 2.45) is 0 Å². The molecule has 2 fully saturated rings. The van der Waals surface area contributed by atoms with Crippen LogP contribution in [0.3, 0.4) is 0 Å². The number of nitrogens with zero attached hydrogens (tertiary/aromatic N) is 3. The molecule has 0 bridgehead atoms. The van der Waals surface area contributed by atoms with Crippen LogP contribution >= 0.6 is 0 Å². The Bertz CT molecular complexity index is 584. The second-order valence-corrected chi connectivity index (χ2v) is 6.94. The second-order valence-electron chi connectivity index (χ2n) is 6.94. The van der Waals surface area contributed by atoms with Crippen LogP contribution in [0.25, 0.3) is 0 Å². The fraction of sp³-hybridized carbons (Fsp3) is 0.632. The molecular weight excluding hydrogens is 332 g/mol. The number of likely N-dealkylation sites (tertiary alicyclic amines) is 1. The zero-order valence-electron chi connectivity index (χ0n) is 15.2. The van der Waals surface area contributed by atoms with Gasteiger partial charge in [-0.15, -0.1) is 0 Å². The van der Waals surface area contributed by atoms with E-state index >= 15 is 0 Å². The number of hydrogen-bond acceptors (Lipinski definition) is 4. The summed E-state index contributed by atoms with van der Waals surface area (Å²) in [7, 11) is 0. The van der Waals surface area contributed by atoms with Crippen LogP contribution in [0.15, 0.2) is 24.5 Å². The largest absolute Gasteiger partial charge is 0.376 e.